The monoisotopic (exact) mass is 536 g/mol. The molecular weight excluding hydrogens is 497 g/mol. The van der Waals surface area contributed by atoms with Gasteiger partial charge < -0.3 is 14.2 Å². The summed E-state index contributed by atoms with van der Waals surface area (Å²) in [5.74, 6) is -1.81. The third kappa shape index (κ3) is 5.56. The van der Waals surface area contributed by atoms with Gasteiger partial charge in [0.05, 0.1) is 5.41 Å². The summed E-state index contributed by atoms with van der Waals surface area (Å²) in [4.78, 5) is 25.6. The molecule has 0 aromatic heterocycles. The van der Waals surface area contributed by atoms with E-state index in [1.165, 1.54) is 24.3 Å². The van der Waals surface area contributed by atoms with E-state index in [1.807, 2.05) is 13.8 Å². The van der Waals surface area contributed by atoms with Crippen molar-refractivity contribution in [3.63, 3.8) is 0 Å². The van der Waals surface area contributed by atoms with Crippen LogP contribution in [0.5, 0.6) is 0 Å². The molecule has 38 heavy (non-hydrogen) atoms. The third-order valence-corrected chi connectivity index (χ3v) is 8.23. The maximum absolute atomic E-state index is 14.4. The highest BCUT2D eigenvalue weighted by atomic mass is 19.4. The Kier molecular flexibility index (Phi) is 8.56. The lowest BCUT2D eigenvalue weighted by Crippen LogP contribution is -2.55. The Balaban J connectivity index is 1.85. The predicted molar refractivity (Wildman–Crippen MR) is 138 cm³/mol. The van der Waals surface area contributed by atoms with Crippen LogP contribution in [0, 0.1) is 16.7 Å². The zero-order valence-electron chi connectivity index (χ0n) is 23.2. The number of carbonyl (C=O) groups excluding carboxylic acids is 2. The summed E-state index contributed by atoms with van der Waals surface area (Å²) < 4.78 is 59.4. The van der Waals surface area contributed by atoms with Gasteiger partial charge in [-0.1, -0.05) is 55.0 Å². The van der Waals surface area contributed by atoms with E-state index in [4.69, 9.17) is 14.2 Å². The number of alkyl halides is 3. The molecule has 5 nitrogen and oxygen atoms in total. The molecule has 8 heteroatoms. The van der Waals surface area contributed by atoms with Crippen molar-refractivity contribution >= 4 is 11.9 Å². The van der Waals surface area contributed by atoms with Crippen LogP contribution in [0.3, 0.4) is 0 Å². The first-order valence-corrected chi connectivity index (χ1v) is 13.0. The molecule has 2 saturated carbocycles. The second-order valence-electron chi connectivity index (χ2n) is 11.8. The molecule has 1 aromatic carbocycles. The largest absolute Gasteiger partial charge is 0.461 e. The number of fused-ring (bicyclic) bond motifs is 1. The maximum Gasteiger partial charge on any atom is 0.432 e. The molecule has 0 unspecified atom stereocenters. The minimum absolute atomic E-state index is 0.0781. The standard InChI is InChI=1S/C30H39F3O5/c1-19-13-14-24(38-26(35)29(36-7,30(31,32)33)22-11-9-8-10-12-22)28(6)16-15-21(17-23(19)28)20(2)18-37-25(34)27(3,4)5/h8-12,23-24H,1,13-18H2,2-7H3/b21-20+/t23-,24+,28+,29+/m1/s1. The molecule has 0 aliphatic heterocycles. The number of methoxy groups -OCH3 is 1. The molecule has 0 spiro atoms. The fourth-order valence-electron chi connectivity index (χ4n) is 5.67. The molecule has 1 aromatic rings. The van der Waals surface area contributed by atoms with E-state index in [0.717, 1.165) is 23.8 Å². The van der Waals surface area contributed by atoms with Gasteiger partial charge in [-0.2, -0.15) is 13.2 Å². The number of halogens is 3. The van der Waals surface area contributed by atoms with Crippen molar-refractivity contribution in [2.75, 3.05) is 13.7 Å². The van der Waals surface area contributed by atoms with E-state index in [-0.39, 0.29) is 24.1 Å². The molecule has 3 rings (SSSR count). The van der Waals surface area contributed by atoms with Crippen LogP contribution in [0.25, 0.3) is 0 Å². The topological polar surface area (TPSA) is 61.8 Å². The lowest BCUT2D eigenvalue weighted by Gasteiger charge is -2.51. The highest BCUT2D eigenvalue weighted by molar-refractivity contribution is 5.83. The summed E-state index contributed by atoms with van der Waals surface area (Å²) in [6.45, 7) is 13.7. The van der Waals surface area contributed by atoms with Crippen molar-refractivity contribution in [2.45, 2.75) is 84.6 Å². The third-order valence-electron chi connectivity index (χ3n) is 8.23. The summed E-state index contributed by atoms with van der Waals surface area (Å²) in [6, 6.07) is 6.88. The Morgan fingerprint density at radius 1 is 1.08 bits per heavy atom. The van der Waals surface area contributed by atoms with E-state index in [2.05, 4.69) is 6.58 Å². The van der Waals surface area contributed by atoms with Gasteiger partial charge >= 0.3 is 18.1 Å². The molecule has 0 radical (unpaired) electrons. The van der Waals surface area contributed by atoms with Gasteiger partial charge in [-0.15, -0.1) is 0 Å². The average molecular weight is 537 g/mol. The van der Waals surface area contributed by atoms with Crippen LogP contribution >= 0.6 is 0 Å². The zero-order chi connectivity index (χ0) is 28.5. The van der Waals surface area contributed by atoms with Gasteiger partial charge in [-0.05, 0) is 71.3 Å². The summed E-state index contributed by atoms with van der Waals surface area (Å²) in [5, 5.41) is 0. The highest BCUT2D eigenvalue weighted by Gasteiger charge is 2.65. The van der Waals surface area contributed by atoms with Crippen LogP contribution in [-0.2, 0) is 29.4 Å². The molecule has 210 valence electrons. The van der Waals surface area contributed by atoms with Gasteiger partial charge in [0, 0.05) is 18.1 Å². The fraction of sp³-hybridized carbons (Fsp3) is 0.600. The van der Waals surface area contributed by atoms with Crippen LogP contribution in [-0.4, -0.2) is 37.9 Å². The summed E-state index contributed by atoms with van der Waals surface area (Å²) >= 11 is 0. The van der Waals surface area contributed by atoms with Crippen LogP contribution in [0.1, 0.15) is 72.3 Å². The van der Waals surface area contributed by atoms with Gasteiger partial charge in [0.1, 0.15) is 12.7 Å². The molecule has 0 amide bonds. The van der Waals surface area contributed by atoms with Crippen LogP contribution in [0.15, 0.2) is 53.6 Å². The molecule has 2 aliphatic carbocycles. The maximum atomic E-state index is 14.4. The lowest BCUT2D eigenvalue weighted by molar-refractivity contribution is -0.281. The Labute approximate surface area is 223 Å². The fourth-order valence-corrected chi connectivity index (χ4v) is 5.67. The van der Waals surface area contributed by atoms with Gasteiger partial charge in [-0.3, -0.25) is 4.79 Å². The van der Waals surface area contributed by atoms with Crippen molar-refractivity contribution in [2.24, 2.45) is 16.7 Å². The first kappa shape index (κ1) is 29.9. The molecule has 0 saturated heterocycles. The molecule has 0 heterocycles. The number of ether oxygens (including phenoxy) is 3. The summed E-state index contributed by atoms with van der Waals surface area (Å²) in [7, 11) is 0.877. The second-order valence-corrected chi connectivity index (χ2v) is 11.8. The highest BCUT2D eigenvalue weighted by Crippen LogP contribution is 2.55. The van der Waals surface area contributed by atoms with E-state index >= 15 is 0 Å². The Morgan fingerprint density at radius 2 is 1.71 bits per heavy atom. The number of rotatable bonds is 6. The second kappa shape index (κ2) is 10.9. The van der Waals surface area contributed by atoms with Gasteiger partial charge in [0.25, 0.3) is 5.60 Å². The van der Waals surface area contributed by atoms with E-state index in [0.29, 0.717) is 32.1 Å². The van der Waals surface area contributed by atoms with Gasteiger partial charge in [0.15, 0.2) is 0 Å². The average Bonchev–Trinajstić information content (AvgIpc) is 2.84. The minimum Gasteiger partial charge on any atom is -0.461 e. The Morgan fingerprint density at radius 3 is 2.26 bits per heavy atom. The van der Waals surface area contributed by atoms with Crippen molar-refractivity contribution < 1.29 is 37.0 Å². The van der Waals surface area contributed by atoms with E-state index < -0.39 is 34.7 Å². The van der Waals surface area contributed by atoms with Crippen LogP contribution in [0.4, 0.5) is 13.2 Å². The van der Waals surface area contributed by atoms with Crippen LogP contribution in [0.2, 0.25) is 0 Å². The summed E-state index contributed by atoms with van der Waals surface area (Å²) in [5.41, 5.74) is -1.62. The molecule has 2 aliphatic rings. The Hall–Kier alpha value is -2.61. The quantitative estimate of drug-likeness (QED) is 0.288. The normalized spacial score (nSPS) is 27.1. The first-order valence-electron chi connectivity index (χ1n) is 13.0. The smallest absolute Gasteiger partial charge is 0.432 e. The van der Waals surface area contributed by atoms with Gasteiger partial charge in [0.2, 0.25) is 0 Å². The van der Waals surface area contributed by atoms with Crippen molar-refractivity contribution in [3.8, 4) is 0 Å². The van der Waals surface area contributed by atoms with Crippen molar-refractivity contribution in [3.05, 3.63) is 59.2 Å². The molecule has 2 fully saturated rings. The number of allylic oxidation sites excluding steroid dienone is 2. The number of hydrogen-bond donors (Lipinski definition) is 0. The molecule has 0 bridgehead atoms. The van der Waals surface area contributed by atoms with Crippen LogP contribution < -0.4 is 0 Å². The van der Waals surface area contributed by atoms with Crippen molar-refractivity contribution in [1.29, 1.82) is 0 Å². The number of benzene rings is 1. The molecular formula is C30H39F3O5. The molecule has 4 atom stereocenters. The minimum atomic E-state index is -5.02. The Bertz CT molecular complexity index is 1090. The van der Waals surface area contributed by atoms with E-state index in [1.54, 1.807) is 26.8 Å². The molecule has 0 N–H and O–H groups in total. The van der Waals surface area contributed by atoms with E-state index in [9.17, 15) is 22.8 Å². The first-order chi connectivity index (χ1) is 17.6. The zero-order valence-corrected chi connectivity index (χ0v) is 23.2. The lowest BCUT2D eigenvalue weighted by atomic mass is 9.56. The number of hydrogen-bond acceptors (Lipinski definition) is 5. The van der Waals surface area contributed by atoms with Gasteiger partial charge in [-0.25, -0.2) is 4.79 Å². The number of esters is 2. The summed E-state index contributed by atoms with van der Waals surface area (Å²) in [6.07, 6.45) is -2.91. The number of carbonyl (C=O) groups is 2. The van der Waals surface area contributed by atoms with Crippen molar-refractivity contribution in [1.82, 2.24) is 0 Å². The predicted octanol–water partition coefficient (Wildman–Crippen LogP) is 7.06. The SMILES string of the molecule is C=C1CC[C@H](OC(=O)[C@@](OC)(c2ccccc2)C(F)(F)F)[C@@]2(C)CC/C(=C(/C)COC(=O)C(C)(C)C)C[C@H]12.